The van der Waals surface area contributed by atoms with Gasteiger partial charge in [-0.05, 0) is 81.6 Å². The fourth-order valence-corrected chi connectivity index (χ4v) is 3.60. The fraction of sp³-hybridized carbons (Fsp3) is 0. The first-order chi connectivity index (χ1) is 9.50. The summed E-state index contributed by atoms with van der Waals surface area (Å²) in [6.07, 6.45) is 0. The van der Waals surface area contributed by atoms with Crippen LogP contribution in [-0.4, -0.2) is 11.8 Å². The molecule has 0 aromatic heterocycles. The van der Waals surface area contributed by atoms with Gasteiger partial charge in [0.1, 0.15) is 0 Å². The number of fused-ring (bicyclic) bond motifs is 1. The molecule has 0 fully saturated rings. The highest BCUT2D eigenvalue weighted by molar-refractivity contribution is 14.1. The lowest BCUT2D eigenvalue weighted by molar-refractivity contribution is 0.0925. The highest BCUT2D eigenvalue weighted by atomic mass is 127. The lowest BCUT2D eigenvalue weighted by atomic mass is 10.1. The van der Waals surface area contributed by atoms with Crippen molar-refractivity contribution >= 4 is 74.3 Å². The van der Waals surface area contributed by atoms with Crippen LogP contribution in [-0.2, 0) is 0 Å². The minimum atomic E-state index is -0.282. The number of amides is 2. The first-order valence-corrected chi connectivity index (χ1v) is 8.16. The van der Waals surface area contributed by atoms with E-state index in [2.05, 4.69) is 45.2 Å². The predicted octanol–water partition coefficient (Wildman–Crippen LogP) is 4.35. The Bertz CT molecular complexity index is 703. The molecule has 1 aliphatic rings. The van der Waals surface area contributed by atoms with Gasteiger partial charge in [-0.1, -0.05) is 11.6 Å². The maximum atomic E-state index is 12.5. The number of anilines is 1. The summed E-state index contributed by atoms with van der Waals surface area (Å²) < 4.78 is 1.57. The normalized spacial score (nSPS) is 13.8. The van der Waals surface area contributed by atoms with Gasteiger partial charge in [-0.3, -0.25) is 9.59 Å². The van der Waals surface area contributed by atoms with Crippen molar-refractivity contribution in [3.8, 4) is 0 Å². The van der Waals surface area contributed by atoms with Gasteiger partial charge in [0.25, 0.3) is 11.8 Å². The van der Waals surface area contributed by atoms with Gasteiger partial charge in [-0.2, -0.15) is 0 Å². The van der Waals surface area contributed by atoms with Crippen LogP contribution in [0.25, 0.3) is 0 Å². The van der Waals surface area contributed by atoms with Gasteiger partial charge in [-0.15, -0.1) is 0 Å². The second-order valence-corrected chi connectivity index (χ2v) is 6.96. The van der Waals surface area contributed by atoms with E-state index < -0.39 is 0 Å². The van der Waals surface area contributed by atoms with Gasteiger partial charge in [0.15, 0.2) is 0 Å². The molecule has 1 heterocycles. The summed E-state index contributed by atoms with van der Waals surface area (Å²) in [7, 11) is 0. The van der Waals surface area contributed by atoms with Crippen LogP contribution in [0, 0.1) is 7.14 Å². The van der Waals surface area contributed by atoms with Crippen molar-refractivity contribution in [1.29, 1.82) is 0 Å². The third-order valence-electron chi connectivity index (χ3n) is 3.02. The zero-order chi connectivity index (χ0) is 14.4. The molecule has 20 heavy (non-hydrogen) atoms. The zero-order valence-electron chi connectivity index (χ0n) is 9.86. The number of rotatable bonds is 1. The average Bonchev–Trinajstić information content (AvgIpc) is 2.69. The van der Waals surface area contributed by atoms with Crippen LogP contribution < -0.4 is 4.90 Å². The van der Waals surface area contributed by atoms with Crippen LogP contribution in [0.15, 0.2) is 36.4 Å². The minimum Gasteiger partial charge on any atom is -0.268 e. The summed E-state index contributed by atoms with van der Waals surface area (Å²) in [5, 5.41) is 0.564. The molecule has 2 amide bonds. The monoisotopic (exact) mass is 509 g/mol. The predicted molar refractivity (Wildman–Crippen MR) is 94.5 cm³/mol. The van der Waals surface area contributed by atoms with E-state index in [0.717, 1.165) is 7.14 Å². The van der Waals surface area contributed by atoms with Crippen LogP contribution in [0.4, 0.5) is 5.69 Å². The zero-order valence-corrected chi connectivity index (χ0v) is 14.9. The standard InChI is InChI=1S/C14H6ClI2NO2/c15-7-1-3-8(4-2-7)18-13(19)11-9(16)5-6-10(17)12(11)14(18)20/h1-6H. The third kappa shape index (κ3) is 2.15. The van der Waals surface area contributed by atoms with E-state index in [1.54, 1.807) is 24.3 Å². The van der Waals surface area contributed by atoms with E-state index in [1.165, 1.54) is 4.90 Å². The number of nitrogens with zero attached hydrogens (tertiary/aromatic N) is 1. The molecule has 0 N–H and O–H groups in total. The van der Waals surface area contributed by atoms with E-state index in [0.29, 0.717) is 21.8 Å². The maximum Gasteiger partial charge on any atom is 0.267 e. The van der Waals surface area contributed by atoms with Crippen LogP contribution in [0.1, 0.15) is 20.7 Å². The lowest BCUT2D eigenvalue weighted by Gasteiger charge is -2.13. The molecule has 0 atom stereocenters. The summed E-state index contributed by atoms with van der Waals surface area (Å²) in [6.45, 7) is 0. The summed E-state index contributed by atoms with van der Waals surface area (Å²) in [5.74, 6) is -0.564. The second-order valence-electron chi connectivity index (χ2n) is 4.20. The molecule has 0 aliphatic carbocycles. The van der Waals surface area contributed by atoms with E-state index in [9.17, 15) is 9.59 Å². The quantitative estimate of drug-likeness (QED) is 0.424. The van der Waals surface area contributed by atoms with E-state index >= 15 is 0 Å². The number of halogens is 3. The molecule has 0 saturated carbocycles. The van der Waals surface area contributed by atoms with E-state index in [4.69, 9.17) is 11.6 Å². The Kier molecular flexibility index (Phi) is 3.76. The Morgan fingerprint density at radius 3 is 1.70 bits per heavy atom. The third-order valence-corrected chi connectivity index (χ3v) is 5.07. The Morgan fingerprint density at radius 2 is 1.25 bits per heavy atom. The average molecular weight is 509 g/mol. The molecule has 0 radical (unpaired) electrons. The molecular formula is C14H6ClI2NO2. The number of benzene rings is 2. The molecule has 2 aromatic rings. The molecule has 6 heteroatoms. The number of hydrogen-bond acceptors (Lipinski definition) is 2. The Morgan fingerprint density at radius 1 is 0.800 bits per heavy atom. The molecule has 3 nitrogen and oxygen atoms in total. The summed E-state index contributed by atoms with van der Waals surface area (Å²) in [6, 6.07) is 10.4. The van der Waals surface area contributed by atoms with Crippen molar-refractivity contribution in [2.75, 3.05) is 4.90 Å². The Balaban J connectivity index is 2.17. The molecule has 100 valence electrons. The Labute approximate surface area is 147 Å². The first kappa shape index (κ1) is 14.3. The van der Waals surface area contributed by atoms with Gasteiger partial charge < -0.3 is 0 Å². The van der Waals surface area contributed by atoms with Gasteiger partial charge in [0, 0.05) is 12.2 Å². The van der Waals surface area contributed by atoms with Crippen molar-refractivity contribution < 1.29 is 9.59 Å². The number of carbonyl (C=O) groups is 2. The summed E-state index contributed by atoms with van der Waals surface area (Å²) >= 11 is 10.00. The summed E-state index contributed by atoms with van der Waals surface area (Å²) in [5.41, 5.74) is 1.50. The van der Waals surface area contributed by atoms with Crippen molar-refractivity contribution in [3.63, 3.8) is 0 Å². The van der Waals surface area contributed by atoms with Crippen molar-refractivity contribution in [1.82, 2.24) is 0 Å². The van der Waals surface area contributed by atoms with Crippen molar-refractivity contribution in [2.24, 2.45) is 0 Å². The Hall–Kier alpha value is -0.670. The molecule has 3 rings (SSSR count). The van der Waals surface area contributed by atoms with Crippen LogP contribution >= 0.6 is 56.8 Å². The van der Waals surface area contributed by atoms with Crippen molar-refractivity contribution in [3.05, 3.63) is 59.7 Å². The van der Waals surface area contributed by atoms with Gasteiger partial charge in [0.2, 0.25) is 0 Å². The largest absolute Gasteiger partial charge is 0.268 e. The number of imide groups is 1. The molecule has 0 spiro atoms. The molecular weight excluding hydrogens is 503 g/mol. The molecule has 0 saturated heterocycles. The molecule has 0 unspecified atom stereocenters. The molecule has 2 aromatic carbocycles. The van der Waals surface area contributed by atoms with Crippen LogP contribution in [0.3, 0.4) is 0 Å². The van der Waals surface area contributed by atoms with Crippen LogP contribution in [0.2, 0.25) is 5.02 Å². The smallest absolute Gasteiger partial charge is 0.267 e. The van der Waals surface area contributed by atoms with Crippen molar-refractivity contribution in [2.45, 2.75) is 0 Å². The van der Waals surface area contributed by atoms with Gasteiger partial charge in [0.05, 0.1) is 16.8 Å². The SMILES string of the molecule is O=C1c2c(I)ccc(I)c2C(=O)N1c1ccc(Cl)cc1. The maximum absolute atomic E-state index is 12.5. The number of carbonyl (C=O) groups excluding carboxylic acids is 2. The second kappa shape index (κ2) is 5.27. The van der Waals surface area contributed by atoms with Gasteiger partial charge in [-0.25, -0.2) is 4.90 Å². The van der Waals surface area contributed by atoms with Crippen LogP contribution in [0.5, 0.6) is 0 Å². The highest BCUT2D eigenvalue weighted by Crippen LogP contribution is 2.34. The minimum absolute atomic E-state index is 0.282. The lowest BCUT2D eigenvalue weighted by Crippen LogP contribution is -2.29. The first-order valence-electron chi connectivity index (χ1n) is 5.63. The molecule has 0 bridgehead atoms. The highest BCUT2D eigenvalue weighted by Gasteiger charge is 2.39. The molecule has 1 aliphatic heterocycles. The fourth-order valence-electron chi connectivity index (χ4n) is 2.11. The topological polar surface area (TPSA) is 37.4 Å². The summed E-state index contributed by atoms with van der Waals surface area (Å²) in [4.78, 5) is 26.3. The van der Waals surface area contributed by atoms with E-state index in [-0.39, 0.29) is 11.8 Å². The van der Waals surface area contributed by atoms with E-state index in [1.807, 2.05) is 12.1 Å². The van der Waals surface area contributed by atoms with Gasteiger partial charge >= 0.3 is 0 Å². The number of hydrogen-bond donors (Lipinski definition) is 0.